The minimum absolute atomic E-state index is 0.0361. The zero-order chi connectivity index (χ0) is 40.0. The first-order valence-corrected chi connectivity index (χ1v) is 23.2. The number of esters is 2. The predicted molar refractivity (Wildman–Crippen MR) is 222 cm³/mol. The lowest BCUT2D eigenvalue weighted by Gasteiger charge is -2.28. The summed E-state index contributed by atoms with van der Waals surface area (Å²) in [6.07, 6.45) is 40.2. The second kappa shape index (κ2) is 36.8. The fourth-order valence-corrected chi connectivity index (χ4v) is 6.45. The molecular weight excluding hydrogens is 701 g/mol. The SMILES string of the molecule is CCCCC/C=C\C/C=C\C/C=C\CCCCC(=O)OC[C@H](COP(=O)([O-])OCC[N+](C)(C)C)OC(=O)CCCCCCCCCCCCCCCCC. The van der Waals surface area contributed by atoms with Crippen LogP contribution in [0.25, 0.3) is 0 Å². The van der Waals surface area contributed by atoms with Crippen LogP contribution in [0, 0.1) is 0 Å². The van der Waals surface area contributed by atoms with Crippen LogP contribution in [0.15, 0.2) is 36.5 Å². The monoisotopic (exact) mass is 784 g/mol. The van der Waals surface area contributed by atoms with Crippen molar-refractivity contribution in [3.8, 4) is 0 Å². The minimum atomic E-state index is -4.63. The summed E-state index contributed by atoms with van der Waals surface area (Å²) >= 11 is 0. The maximum absolute atomic E-state index is 12.7. The van der Waals surface area contributed by atoms with E-state index in [-0.39, 0.29) is 26.1 Å². The molecule has 0 spiro atoms. The number of phosphoric ester groups is 1. The average molecular weight is 784 g/mol. The number of ether oxygens (including phenoxy) is 2. The smallest absolute Gasteiger partial charge is 0.306 e. The predicted octanol–water partition coefficient (Wildman–Crippen LogP) is 11.5. The van der Waals surface area contributed by atoms with E-state index in [0.29, 0.717) is 23.9 Å². The second-order valence-electron chi connectivity index (χ2n) is 15.7. The molecule has 0 heterocycles. The van der Waals surface area contributed by atoms with Gasteiger partial charge in [0.2, 0.25) is 0 Å². The van der Waals surface area contributed by atoms with E-state index in [9.17, 15) is 19.0 Å². The summed E-state index contributed by atoms with van der Waals surface area (Å²) in [5.74, 6) is -0.876. The van der Waals surface area contributed by atoms with Crippen molar-refractivity contribution in [3.05, 3.63) is 36.5 Å². The van der Waals surface area contributed by atoms with Gasteiger partial charge in [-0.1, -0.05) is 153 Å². The summed E-state index contributed by atoms with van der Waals surface area (Å²) in [6, 6.07) is 0. The molecule has 0 aliphatic carbocycles. The number of carbonyl (C=O) groups excluding carboxylic acids is 2. The number of allylic oxidation sites excluding steroid dienone is 6. The van der Waals surface area contributed by atoms with Crippen LogP contribution in [-0.2, 0) is 32.7 Å². The summed E-state index contributed by atoms with van der Waals surface area (Å²) in [5.41, 5.74) is 0. The van der Waals surface area contributed by atoms with Gasteiger partial charge in [-0.2, -0.15) is 0 Å². The molecule has 0 saturated carbocycles. The number of carbonyl (C=O) groups is 2. The Morgan fingerprint density at radius 3 is 1.52 bits per heavy atom. The van der Waals surface area contributed by atoms with Crippen LogP contribution in [0.2, 0.25) is 0 Å². The lowest BCUT2D eigenvalue weighted by Crippen LogP contribution is -2.37. The maximum Gasteiger partial charge on any atom is 0.306 e. The minimum Gasteiger partial charge on any atom is -0.756 e. The molecule has 316 valence electrons. The Labute approximate surface area is 331 Å². The van der Waals surface area contributed by atoms with Crippen molar-refractivity contribution in [2.24, 2.45) is 0 Å². The van der Waals surface area contributed by atoms with E-state index >= 15 is 0 Å². The van der Waals surface area contributed by atoms with E-state index in [1.165, 1.54) is 89.9 Å². The van der Waals surface area contributed by atoms with Crippen molar-refractivity contribution in [3.63, 3.8) is 0 Å². The van der Waals surface area contributed by atoms with E-state index in [2.05, 4.69) is 50.3 Å². The summed E-state index contributed by atoms with van der Waals surface area (Å²) in [4.78, 5) is 37.5. The van der Waals surface area contributed by atoms with Gasteiger partial charge >= 0.3 is 11.9 Å². The van der Waals surface area contributed by atoms with E-state index in [1.54, 1.807) is 0 Å². The van der Waals surface area contributed by atoms with Crippen molar-refractivity contribution in [1.29, 1.82) is 0 Å². The first-order chi connectivity index (χ1) is 26.0. The molecule has 0 aliphatic rings. The molecule has 0 fully saturated rings. The highest BCUT2D eigenvalue weighted by Crippen LogP contribution is 2.38. The van der Waals surface area contributed by atoms with Crippen LogP contribution < -0.4 is 4.89 Å². The van der Waals surface area contributed by atoms with Gasteiger partial charge in [0.1, 0.15) is 19.8 Å². The number of phosphoric acid groups is 1. The van der Waals surface area contributed by atoms with Gasteiger partial charge in [0, 0.05) is 12.8 Å². The van der Waals surface area contributed by atoms with Gasteiger partial charge in [-0.25, -0.2) is 0 Å². The normalized spacial score (nSPS) is 14.0. The van der Waals surface area contributed by atoms with Gasteiger partial charge < -0.3 is 27.9 Å². The van der Waals surface area contributed by atoms with Crippen LogP contribution >= 0.6 is 7.82 Å². The van der Waals surface area contributed by atoms with Crippen LogP contribution in [-0.4, -0.2) is 70.0 Å². The fraction of sp³-hybridized carbons (Fsp3) is 0.818. The Bertz CT molecular complexity index is 1020. The summed E-state index contributed by atoms with van der Waals surface area (Å²) in [5, 5.41) is 0. The lowest BCUT2D eigenvalue weighted by molar-refractivity contribution is -0.870. The van der Waals surface area contributed by atoms with E-state index in [1.807, 2.05) is 21.1 Å². The van der Waals surface area contributed by atoms with Gasteiger partial charge in [-0.3, -0.25) is 14.2 Å². The molecule has 0 rings (SSSR count). The Balaban J connectivity index is 4.42. The molecule has 0 aliphatic heterocycles. The number of likely N-dealkylation sites (N-methyl/N-ethyl adjacent to an activating group) is 1. The van der Waals surface area contributed by atoms with E-state index in [0.717, 1.165) is 51.4 Å². The average Bonchev–Trinajstić information content (AvgIpc) is 3.12. The first kappa shape index (κ1) is 52.2. The van der Waals surface area contributed by atoms with Gasteiger partial charge in [0.15, 0.2) is 6.10 Å². The van der Waals surface area contributed by atoms with Crippen molar-refractivity contribution < 1.29 is 42.1 Å². The highest BCUT2D eigenvalue weighted by molar-refractivity contribution is 7.45. The molecule has 0 N–H and O–H groups in total. The number of nitrogens with zero attached hydrogens (tertiary/aromatic N) is 1. The zero-order valence-corrected chi connectivity index (χ0v) is 36.3. The van der Waals surface area contributed by atoms with Gasteiger partial charge in [-0.05, 0) is 51.4 Å². The van der Waals surface area contributed by atoms with E-state index < -0.39 is 32.5 Å². The third kappa shape index (κ3) is 39.9. The number of quaternary nitrogens is 1. The molecule has 54 heavy (non-hydrogen) atoms. The third-order valence-electron chi connectivity index (χ3n) is 9.16. The Hall–Kier alpha value is -1.77. The molecule has 0 saturated heterocycles. The maximum atomic E-state index is 12.7. The highest BCUT2D eigenvalue weighted by Gasteiger charge is 2.21. The molecule has 2 atom stereocenters. The van der Waals surface area contributed by atoms with Crippen LogP contribution in [0.4, 0.5) is 0 Å². The third-order valence-corrected chi connectivity index (χ3v) is 10.1. The molecule has 0 bridgehead atoms. The van der Waals surface area contributed by atoms with Gasteiger partial charge in [0.25, 0.3) is 7.82 Å². The Morgan fingerprint density at radius 1 is 0.574 bits per heavy atom. The van der Waals surface area contributed by atoms with E-state index in [4.69, 9.17) is 18.5 Å². The molecule has 0 aromatic carbocycles. The van der Waals surface area contributed by atoms with Crippen molar-refractivity contribution in [2.45, 2.75) is 187 Å². The topological polar surface area (TPSA) is 111 Å². The van der Waals surface area contributed by atoms with Crippen LogP contribution in [0.1, 0.15) is 181 Å². The van der Waals surface area contributed by atoms with Crippen LogP contribution in [0.3, 0.4) is 0 Å². The quantitative estimate of drug-likeness (QED) is 0.0199. The number of rotatable bonds is 39. The fourth-order valence-electron chi connectivity index (χ4n) is 5.72. The van der Waals surface area contributed by atoms with Crippen molar-refractivity contribution in [2.75, 3.05) is 47.5 Å². The lowest BCUT2D eigenvalue weighted by atomic mass is 10.0. The van der Waals surface area contributed by atoms with Crippen molar-refractivity contribution in [1.82, 2.24) is 0 Å². The second-order valence-corrected chi connectivity index (χ2v) is 17.1. The molecular formula is C44H82NO8P. The first-order valence-electron chi connectivity index (χ1n) is 21.7. The number of hydrogen-bond donors (Lipinski definition) is 0. The largest absolute Gasteiger partial charge is 0.756 e. The zero-order valence-electron chi connectivity index (χ0n) is 35.4. The standard InChI is InChI=1S/C44H82NO8P/c1-6-8-10-12-14-16-18-20-22-24-26-28-30-32-34-36-43(46)50-40-42(41-52-54(48,49)51-39-38-45(3,4)5)53-44(47)37-35-33-31-29-27-25-23-21-19-17-15-13-11-9-7-2/h14,16,20,22,26,28,42H,6-13,15,17-19,21,23-25,27,29-41H2,1-5H3/b16-14-,22-20-,28-26-/t42-/m1/s1. The van der Waals surface area contributed by atoms with Gasteiger partial charge in [0.05, 0.1) is 27.7 Å². The summed E-state index contributed by atoms with van der Waals surface area (Å²) in [7, 11) is 1.15. The van der Waals surface area contributed by atoms with Crippen molar-refractivity contribution >= 4 is 19.8 Å². The number of hydrogen-bond acceptors (Lipinski definition) is 8. The molecule has 9 nitrogen and oxygen atoms in total. The molecule has 0 aromatic rings. The molecule has 0 radical (unpaired) electrons. The molecule has 1 unspecified atom stereocenters. The summed E-state index contributed by atoms with van der Waals surface area (Å²) < 4.78 is 33.8. The molecule has 0 aromatic heterocycles. The molecule has 0 amide bonds. The number of unbranched alkanes of at least 4 members (excludes halogenated alkanes) is 19. The molecule has 10 heteroatoms. The summed E-state index contributed by atoms with van der Waals surface area (Å²) in [6.45, 7) is 4.16. The Kier molecular flexibility index (Phi) is 35.6. The van der Waals surface area contributed by atoms with Gasteiger partial charge in [-0.15, -0.1) is 0 Å². The Morgan fingerprint density at radius 2 is 1.00 bits per heavy atom. The highest BCUT2D eigenvalue weighted by atomic mass is 31.2. The van der Waals surface area contributed by atoms with Crippen LogP contribution in [0.5, 0.6) is 0 Å².